The number of thiol groups is 1. The lowest BCUT2D eigenvalue weighted by Crippen LogP contribution is -2.25. The van der Waals surface area contributed by atoms with Crippen molar-refractivity contribution in [2.75, 3.05) is 0 Å². The van der Waals surface area contributed by atoms with E-state index in [9.17, 15) is 0 Å². The van der Waals surface area contributed by atoms with Crippen molar-refractivity contribution in [2.45, 2.75) is 24.7 Å². The molecule has 0 radical (unpaired) electrons. The first-order valence-electron chi connectivity index (χ1n) is 5.93. The van der Waals surface area contributed by atoms with Crippen LogP contribution < -0.4 is 0 Å². The van der Waals surface area contributed by atoms with Crippen LogP contribution in [0.15, 0.2) is 53.5 Å². The Labute approximate surface area is 102 Å². The maximum absolute atomic E-state index is 4.61. The molecule has 2 unspecified atom stereocenters. The topological polar surface area (TPSA) is 0 Å². The predicted molar refractivity (Wildman–Crippen MR) is 71.7 cm³/mol. The second-order valence-electron chi connectivity index (χ2n) is 4.92. The van der Waals surface area contributed by atoms with Crippen molar-refractivity contribution < 1.29 is 0 Å². The van der Waals surface area contributed by atoms with Crippen LogP contribution in [0, 0.1) is 5.92 Å². The Morgan fingerprint density at radius 3 is 2.69 bits per heavy atom. The molecule has 4 rings (SSSR count). The molecule has 0 spiro atoms. The van der Waals surface area contributed by atoms with Crippen molar-refractivity contribution in [3.8, 4) is 0 Å². The Morgan fingerprint density at radius 2 is 2.00 bits per heavy atom. The van der Waals surface area contributed by atoms with E-state index < -0.39 is 0 Å². The first-order chi connectivity index (χ1) is 7.78. The number of rotatable bonds is 1. The molecule has 0 heterocycles. The SMILES string of the molecule is SC1=CC2C=CC(c3ccccc3)(CC2)C1. The van der Waals surface area contributed by atoms with Crippen LogP contribution in [0.5, 0.6) is 0 Å². The van der Waals surface area contributed by atoms with Gasteiger partial charge in [-0.2, -0.15) is 0 Å². The third-order valence-corrected chi connectivity index (χ3v) is 4.15. The Kier molecular flexibility index (Phi) is 2.44. The fourth-order valence-electron chi connectivity index (χ4n) is 2.94. The van der Waals surface area contributed by atoms with Crippen LogP contribution >= 0.6 is 12.6 Å². The Bertz CT molecular complexity index is 444. The molecule has 2 bridgehead atoms. The molecule has 1 aromatic carbocycles. The Hall–Kier alpha value is -0.950. The van der Waals surface area contributed by atoms with Gasteiger partial charge in [0, 0.05) is 5.41 Å². The van der Waals surface area contributed by atoms with Crippen molar-refractivity contribution in [2.24, 2.45) is 5.92 Å². The average molecular weight is 228 g/mol. The first-order valence-corrected chi connectivity index (χ1v) is 6.38. The molecule has 1 aromatic rings. The Balaban J connectivity index is 2.08. The highest BCUT2D eigenvalue weighted by atomic mass is 32.1. The molecule has 0 fully saturated rings. The third kappa shape index (κ3) is 1.63. The third-order valence-electron chi connectivity index (χ3n) is 3.84. The summed E-state index contributed by atoms with van der Waals surface area (Å²) in [5, 5.41) is 0. The smallest absolute Gasteiger partial charge is 0.0178 e. The van der Waals surface area contributed by atoms with E-state index >= 15 is 0 Å². The highest BCUT2D eigenvalue weighted by molar-refractivity contribution is 7.84. The number of allylic oxidation sites excluding steroid dienone is 4. The van der Waals surface area contributed by atoms with Crippen molar-refractivity contribution in [3.63, 3.8) is 0 Å². The van der Waals surface area contributed by atoms with Crippen molar-refractivity contribution in [3.05, 3.63) is 59.0 Å². The molecule has 0 saturated carbocycles. The average Bonchev–Trinajstić information content (AvgIpc) is 2.58. The van der Waals surface area contributed by atoms with Crippen LogP contribution in [0.2, 0.25) is 0 Å². The van der Waals surface area contributed by atoms with Crippen molar-refractivity contribution in [1.29, 1.82) is 0 Å². The zero-order valence-electron chi connectivity index (χ0n) is 9.26. The summed E-state index contributed by atoms with van der Waals surface area (Å²) in [6.45, 7) is 0. The van der Waals surface area contributed by atoms with Crippen LogP contribution in [-0.4, -0.2) is 0 Å². The molecule has 0 N–H and O–H groups in total. The van der Waals surface area contributed by atoms with Gasteiger partial charge in [-0.15, -0.1) is 12.6 Å². The van der Waals surface area contributed by atoms with E-state index in [2.05, 4.69) is 61.2 Å². The molecule has 0 amide bonds. The van der Waals surface area contributed by atoms with E-state index in [0.29, 0.717) is 5.92 Å². The van der Waals surface area contributed by atoms with Crippen LogP contribution in [-0.2, 0) is 5.41 Å². The van der Waals surface area contributed by atoms with Gasteiger partial charge >= 0.3 is 0 Å². The monoisotopic (exact) mass is 228 g/mol. The molecule has 3 aliphatic rings. The lowest BCUT2D eigenvalue weighted by atomic mass is 9.71. The van der Waals surface area contributed by atoms with Gasteiger partial charge in [0.25, 0.3) is 0 Å². The van der Waals surface area contributed by atoms with Gasteiger partial charge in [0.2, 0.25) is 0 Å². The minimum absolute atomic E-state index is 0.210. The van der Waals surface area contributed by atoms with Crippen LogP contribution in [0.3, 0.4) is 0 Å². The summed E-state index contributed by atoms with van der Waals surface area (Å²) in [6, 6.07) is 10.9. The summed E-state index contributed by atoms with van der Waals surface area (Å²) in [5.41, 5.74) is 1.65. The highest BCUT2D eigenvalue weighted by Gasteiger charge is 2.35. The number of hydrogen-bond donors (Lipinski definition) is 1. The van der Waals surface area contributed by atoms with Crippen molar-refractivity contribution >= 4 is 12.6 Å². The summed E-state index contributed by atoms with van der Waals surface area (Å²) in [4.78, 5) is 1.25. The van der Waals surface area contributed by atoms with Crippen LogP contribution in [0.1, 0.15) is 24.8 Å². The largest absolute Gasteiger partial charge is 0.148 e. The van der Waals surface area contributed by atoms with Gasteiger partial charge in [-0.05, 0) is 35.6 Å². The molecule has 2 atom stereocenters. The lowest BCUT2D eigenvalue weighted by molar-refractivity contribution is 0.445. The van der Waals surface area contributed by atoms with Gasteiger partial charge in [-0.25, -0.2) is 0 Å². The molecule has 3 aliphatic carbocycles. The molecule has 82 valence electrons. The maximum Gasteiger partial charge on any atom is 0.0178 e. The van der Waals surface area contributed by atoms with Gasteiger partial charge in [0.15, 0.2) is 0 Å². The van der Waals surface area contributed by atoms with E-state index in [4.69, 9.17) is 0 Å². The van der Waals surface area contributed by atoms with E-state index in [1.165, 1.54) is 23.3 Å². The van der Waals surface area contributed by atoms with Gasteiger partial charge in [-0.3, -0.25) is 0 Å². The van der Waals surface area contributed by atoms with Gasteiger partial charge in [-0.1, -0.05) is 48.6 Å². The zero-order chi connectivity index (χ0) is 11.0. The van der Waals surface area contributed by atoms with Gasteiger partial charge in [0.05, 0.1) is 0 Å². The van der Waals surface area contributed by atoms with E-state index in [-0.39, 0.29) is 5.41 Å². The van der Waals surface area contributed by atoms with Crippen LogP contribution in [0.25, 0.3) is 0 Å². The molecule has 0 saturated heterocycles. The summed E-state index contributed by atoms with van der Waals surface area (Å²) >= 11 is 4.61. The van der Waals surface area contributed by atoms with Gasteiger partial charge in [0.1, 0.15) is 0 Å². The summed E-state index contributed by atoms with van der Waals surface area (Å²) < 4.78 is 0. The molecule has 1 heteroatoms. The molecule has 0 nitrogen and oxygen atoms in total. The predicted octanol–water partition coefficient (Wildman–Crippen LogP) is 4.11. The second kappa shape index (κ2) is 3.81. The minimum Gasteiger partial charge on any atom is -0.148 e. The maximum atomic E-state index is 4.61. The van der Waals surface area contributed by atoms with E-state index in [0.717, 1.165) is 6.42 Å². The summed E-state index contributed by atoms with van der Waals surface area (Å²) in [5.74, 6) is 0.617. The molecular formula is C15H16S. The van der Waals surface area contributed by atoms with Crippen molar-refractivity contribution in [1.82, 2.24) is 0 Å². The zero-order valence-corrected chi connectivity index (χ0v) is 10.2. The molecule has 0 aromatic heterocycles. The molecular weight excluding hydrogens is 212 g/mol. The standard InChI is InChI=1S/C15H16S/c16-14-10-12-6-8-15(11-14,9-7-12)13-4-2-1-3-5-13/h1-6,8,10,12,16H,7,9,11H2. The summed E-state index contributed by atoms with van der Waals surface area (Å²) in [6.07, 6.45) is 10.7. The van der Waals surface area contributed by atoms with Crippen LogP contribution in [0.4, 0.5) is 0 Å². The van der Waals surface area contributed by atoms with Gasteiger partial charge < -0.3 is 0 Å². The lowest BCUT2D eigenvalue weighted by Gasteiger charge is -2.33. The normalized spacial score (nSPS) is 32.3. The quantitative estimate of drug-likeness (QED) is 0.543. The molecule has 16 heavy (non-hydrogen) atoms. The number of hydrogen-bond acceptors (Lipinski definition) is 1. The number of benzene rings is 1. The van der Waals surface area contributed by atoms with E-state index in [1.54, 1.807) is 0 Å². The Morgan fingerprint density at radius 1 is 1.19 bits per heavy atom. The highest BCUT2D eigenvalue weighted by Crippen LogP contribution is 2.45. The van der Waals surface area contributed by atoms with E-state index in [1.807, 2.05) is 0 Å². The minimum atomic E-state index is 0.210. The second-order valence-corrected chi connectivity index (χ2v) is 5.49. The number of fused-ring (bicyclic) bond motifs is 2. The summed E-state index contributed by atoms with van der Waals surface area (Å²) in [7, 11) is 0. The fraction of sp³-hybridized carbons (Fsp3) is 0.333. The fourth-order valence-corrected chi connectivity index (χ4v) is 3.41. The first kappa shape index (κ1) is 10.2. The molecule has 0 aliphatic heterocycles.